The van der Waals surface area contributed by atoms with Crippen LogP contribution in [0.25, 0.3) is 0 Å². The minimum atomic E-state index is 0.668. The summed E-state index contributed by atoms with van der Waals surface area (Å²) in [6.07, 6.45) is 8.45. The Balaban J connectivity index is 1.41. The third-order valence-electron chi connectivity index (χ3n) is 5.07. The van der Waals surface area contributed by atoms with Gasteiger partial charge in [-0.05, 0) is 71.6 Å². The number of hydrogen-bond donors (Lipinski definition) is 1. The van der Waals surface area contributed by atoms with Crippen LogP contribution in [0.4, 0.5) is 0 Å². The zero-order valence-corrected chi connectivity index (χ0v) is 11.9. The molecule has 3 nitrogen and oxygen atoms in total. The molecule has 3 heterocycles. The second-order valence-corrected chi connectivity index (χ2v) is 6.63. The SMILES string of the molecule is CC(CN1CCCC1)NC1CCN2CCCC2C1. The van der Waals surface area contributed by atoms with E-state index in [2.05, 4.69) is 22.0 Å². The number of hydrogen-bond acceptors (Lipinski definition) is 3. The Morgan fingerprint density at radius 1 is 1.06 bits per heavy atom. The average Bonchev–Trinajstić information content (AvgIpc) is 2.98. The zero-order chi connectivity index (χ0) is 12.4. The topological polar surface area (TPSA) is 18.5 Å². The summed E-state index contributed by atoms with van der Waals surface area (Å²) >= 11 is 0. The van der Waals surface area contributed by atoms with E-state index in [9.17, 15) is 0 Å². The van der Waals surface area contributed by atoms with Crippen LogP contribution in [0.15, 0.2) is 0 Å². The van der Waals surface area contributed by atoms with Crippen LogP contribution in [0.1, 0.15) is 45.4 Å². The molecule has 3 heteroatoms. The lowest BCUT2D eigenvalue weighted by Gasteiger charge is -2.37. The van der Waals surface area contributed by atoms with E-state index < -0.39 is 0 Å². The first-order chi connectivity index (χ1) is 8.81. The van der Waals surface area contributed by atoms with Crippen molar-refractivity contribution in [3.05, 3.63) is 0 Å². The molecule has 0 aromatic heterocycles. The minimum absolute atomic E-state index is 0.668. The van der Waals surface area contributed by atoms with Crippen molar-refractivity contribution in [2.45, 2.75) is 63.6 Å². The van der Waals surface area contributed by atoms with Crippen molar-refractivity contribution in [2.75, 3.05) is 32.7 Å². The van der Waals surface area contributed by atoms with Crippen LogP contribution in [-0.2, 0) is 0 Å². The summed E-state index contributed by atoms with van der Waals surface area (Å²) in [5.74, 6) is 0. The van der Waals surface area contributed by atoms with E-state index in [0.29, 0.717) is 6.04 Å². The Bertz CT molecular complexity index is 262. The van der Waals surface area contributed by atoms with Crippen LogP contribution >= 0.6 is 0 Å². The van der Waals surface area contributed by atoms with Crippen LogP contribution in [0.5, 0.6) is 0 Å². The fraction of sp³-hybridized carbons (Fsp3) is 1.00. The largest absolute Gasteiger partial charge is 0.310 e. The van der Waals surface area contributed by atoms with Gasteiger partial charge < -0.3 is 15.1 Å². The van der Waals surface area contributed by atoms with Gasteiger partial charge in [0, 0.05) is 24.7 Å². The molecule has 1 N–H and O–H groups in total. The second-order valence-electron chi connectivity index (χ2n) is 6.63. The Morgan fingerprint density at radius 2 is 1.89 bits per heavy atom. The molecule has 3 saturated heterocycles. The van der Waals surface area contributed by atoms with Gasteiger partial charge in [-0.3, -0.25) is 0 Å². The van der Waals surface area contributed by atoms with Gasteiger partial charge in [0.2, 0.25) is 0 Å². The molecular weight excluding hydrogens is 222 g/mol. The van der Waals surface area contributed by atoms with Gasteiger partial charge in [-0.2, -0.15) is 0 Å². The Hall–Kier alpha value is -0.120. The minimum Gasteiger partial charge on any atom is -0.310 e. The number of piperidine rings is 1. The fourth-order valence-corrected chi connectivity index (χ4v) is 4.18. The molecule has 3 fully saturated rings. The van der Waals surface area contributed by atoms with Crippen molar-refractivity contribution in [1.29, 1.82) is 0 Å². The van der Waals surface area contributed by atoms with E-state index in [1.165, 1.54) is 71.2 Å². The highest BCUT2D eigenvalue weighted by Gasteiger charge is 2.32. The first kappa shape index (κ1) is 12.9. The van der Waals surface area contributed by atoms with Crippen LogP contribution in [0, 0.1) is 0 Å². The number of fused-ring (bicyclic) bond motifs is 1. The Morgan fingerprint density at radius 3 is 2.72 bits per heavy atom. The standard InChI is InChI=1S/C15H29N3/c1-13(12-17-7-2-3-8-17)16-14-6-10-18-9-4-5-15(18)11-14/h13-16H,2-12H2,1H3. The van der Waals surface area contributed by atoms with Crippen molar-refractivity contribution in [3.63, 3.8) is 0 Å². The molecule has 18 heavy (non-hydrogen) atoms. The number of rotatable bonds is 4. The average molecular weight is 251 g/mol. The van der Waals surface area contributed by atoms with E-state index in [1.807, 2.05) is 0 Å². The highest BCUT2D eigenvalue weighted by Crippen LogP contribution is 2.27. The third-order valence-corrected chi connectivity index (χ3v) is 5.07. The zero-order valence-electron chi connectivity index (χ0n) is 11.9. The molecule has 3 atom stereocenters. The molecule has 0 saturated carbocycles. The lowest BCUT2D eigenvalue weighted by molar-refractivity contribution is 0.157. The maximum atomic E-state index is 3.89. The lowest BCUT2D eigenvalue weighted by Crippen LogP contribution is -2.50. The number of nitrogens with one attached hydrogen (secondary N) is 1. The first-order valence-corrected chi connectivity index (χ1v) is 8.04. The molecule has 0 aromatic carbocycles. The summed E-state index contributed by atoms with van der Waals surface area (Å²) in [5, 5.41) is 3.89. The van der Waals surface area contributed by atoms with Crippen LogP contribution in [-0.4, -0.2) is 60.6 Å². The Kier molecular flexibility index (Phi) is 4.22. The molecule has 0 bridgehead atoms. The molecule has 3 unspecified atom stereocenters. The summed E-state index contributed by atoms with van der Waals surface area (Å²) < 4.78 is 0. The first-order valence-electron chi connectivity index (χ1n) is 8.04. The van der Waals surface area contributed by atoms with Gasteiger partial charge >= 0.3 is 0 Å². The smallest absolute Gasteiger partial charge is 0.0169 e. The van der Waals surface area contributed by atoms with E-state index in [0.717, 1.165) is 12.1 Å². The third kappa shape index (κ3) is 3.06. The lowest BCUT2D eigenvalue weighted by atomic mass is 9.97. The second kappa shape index (κ2) is 5.89. The molecule has 0 amide bonds. The predicted molar refractivity (Wildman–Crippen MR) is 75.9 cm³/mol. The molecule has 0 radical (unpaired) electrons. The number of nitrogens with zero attached hydrogens (tertiary/aromatic N) is 2. The summed E-state index contributed by atoms with van der Waals surface area (Å²) in [4.78, 5) is 5.34. The number of likely N-dealkylation sites (tertiary alicyclic amines) is 1. The predicted octanol–water partition coefficient (Wildman–Crippen LogP) is 1.69. The Labute approximate surface area is 112 Å². The van der Waals surface area contributed by atoms with E-state index in [1.54, 1.807) is 0 Å². The molecular formula is C15H29N3. The summed E-state index contributed by atoms with van der Waals surface area (Å²) in [5.41, 5.74) is 0. The van der Waals surface area contributed by atoms with Crippen molar-refractivity contribution in [2.24, 2.45) is 0 Å². The molecule has 0 aromatic rings. The molecule has 3 aliphatic heterocycles. The van der Waals surface area contributed by atoms with Gasteiger partial charge in [-0.15, -0.1) is 0 Å². The summed E-state index contributed by atoms with van der Waals surface area (Å²) in [6, 6.07) is 2.35. The normalized spacial score (nSPS) is 35.8. The maximum Gasteiger partial charge on any atom is 0.0169 e. The van der Waals surface area contributed by atoms with Crippen LogP contribution in [0.2, 0.25) is 0 Å². The van der Waals surface area contributed by atoms with Gasteiger partial charge in [0.15, 0.2) is 0 Å². The van der Waals surface area contributed by atoms with Gasteiger partial charge in [-0.1, -0.05) is 0 Å². The van der Waals surface area contributed by atoms with E-state index in [4.69, 9.17) is 0 Å². The van der Waals surface area contributed by atoms with Crippen molar-refractivity contribution >= 4 is 0 Å². The van der Waals surface area contributed by atoms with Gasteiger partial charge in [0.1, 0.15) is 0 Å². The highest BCUT2D eigenvalue weighted by molar-refractivity contribution is 4.90. The summed E-state index contributed by atoms with van der Waals surface area (Å²) in [7, 11) is 0. The quantitative estimate of drug-likeness (QED) is 0.820. The van der Waals surface area contributed by atoms with Gasteiger partial charge in [0.25, 0.3) is 0 Å². The fourth-order valence-electron chi connectivity index (χ4n) is 4.18. The molecule has 0 aliphatic carbocycles. The van der Waals surface area contributed by atoms with E-state index >= 15 is 0 Å². The van der Waals surface area contributed by atoms with Crippen LogP contribution < -0.4 is 5.32 Å². The molecule has 0 spiro atoms. The molecule has 104 valence electrons. The molecule has 3 rings (SSSR count). The van der Waals surface area contributed by atoms with Crippen molar-refractivity contribution < 1.29 is 0 Å². The van der Waals surface area contributed by atoms with E-state index in [-0.39, 0.29) is 0 Å². The van der Waals surface area contributed by atoms with Gasteiger partial charge in [-0.25, -0.2) is 0 Å². The monoisotopic (exact) mass is 251 g/mol. The van der Waals surface area contributed by atoms with Crippen molar-refractivity contribution in [3.8, 4) is 0 Å². The molecule has 3 aliphatic rings. The van der Waals surface area contributed by atoms with Crippen LogP contribution in [0.3, 0.4) is 0 Å². The summed E-state index contributed by atoms with van der Waals surface area (Å²) in [6.45, 7) is 8.98. The van der Waals surface area contributed by atoms with Gasteiger partial charge in [0.05, 0.1) is 0 Å². The maximum absolute atomic E-state index is 3.89. The highest BCUT2D eigenvalue weighted by atomic mass is 15.2. The van der Waals surface area contributed by atoms with Crippen molar-refractivity contribution in [1.82, 2.24) is 15.1 Å².